The molecule has 108 valence electrons. The van der Waals surface area contributed by atoms with Crippen molar-refractivity contribution in [2.45, 2.75) is 6.92 Å². The van der Waals surface area contributed by atoms with Crippen LogP contribution < -0.4 is 14.8 Å². The van der Waals surface area contributed by atoms with Crippen LogP contribution in [0.25, 0.3) is 0 Å². The second-order valence-electron chi connectivity index (χ2n) is 4.47. The molecular formula is C16H15ClN2O2. The van der Waals surface area contributed by atoms with Crippen LogP contribution in [0.2, 0.25) is 5.02 Å². The molecule has 0 radical (unpaired) electrons. The van der Waals surface area contributed by atoms with Gasteiger partial charge in [0.1, 0.15) is 17.6 Å². The summed E-state index contributed by atoms with van der Waals surface area (Å²) in [6, 6.07) is 11.1. The summed E-state index contributed by atoms with van der Waals surface area (Å²) < 4.78 is 10.5. The lowest BCUT2D eigenvalue weighted by Crippen LogP contribution is -1.98. The van der Waals surface area contributed by atoms with E-state index in [1.807, 2.05) is 19.1 Å². The molecule has 2 rings (SSSR count). The monoisotopic (exact) mass is 302 g/mol. The van der Waals surface area contributed by atoms with Crippen molar-refractivity contribution in [3.63, 3.8) is 0 Å². The van der Waals surface area contributed by atoms with E-state index in [2.05, 4.69) is 11.4 Å². The average molecular weight is 303 g/mol. The van der Waals surface area contributed by atoms with Gasteiger partial charge in [0.25, 0.3) is 0 Å². The smallest absolute Gasteiger partial charge is 0.144 e. The standard InChI is InChI=1S/C16H15ClN2O2/c1-10-4-5-11(9-18)13(6-10)19-14-8-15(20-2)12(17)7-16(14)21-3/h4-8,19H,1-3H3. The summed E-state index contributed by atoms with van der Waals surface area (Å²) in [4.78, 5) is 0. The van der Waals surface area contributed by atoms with Gasteiger partial charge in [0.2, 0.25) is 0 Å². The maximum atomic E-state index is 9.19. The van der Waals surface area contributed by atoms with E-state index in [-0.39, 0.29) is 0 Å². The summed E-state index contributed by atoms with van der Waals surface area (Å²) in [5.74, 6) is 1.11. The minimum absolute atomic E-state index is 0.463. The van der Waals surface area contributed by atoms with Gasteiger partial charge in [0.15, 0.2) is 0 Å². The second-order valence-corrected chi connectivity index (χ2v) is 4.88. The van der Waals surface area contributed by atoms with Crippen LogP contribution in [0.4, 0.5) is 11.4 Å². The highest BCUT2D eigenvalue weighted by atomic mass is 35.5. The molecule has 0 spiro atoms. The Morgan fingerprint density at radius 1 is 1.05 bits per heavy atom. The van der Waals surface area contributed by atoms with Crippen LogP contribution in [0.5, 0.6) is 11.5 Å². The third-order valence-electron chi connectivity index (χ3n) is 3.04. The van der Waals surface area contributed by atoms with Crippen molar-refractivity contribution in [2.75, 3.05) is 19.5 Å². The molecule has 21 heavy (non-hydrogen) atoms. The van der Waals surface area contributed by atoms with Crippen LogP contribution in [0.1, 0.15) is 11.1 Å². The van der Waals surface area contributed by atoms with E-state index in [0.29, 0.717) is 33.5 Å². The Morgan fingerprint density at radius 3 is 2.38 bits per heavy atom. The highest BCUT2D eigenvalue weighted by Crippen LogP contribution is 2.37. The summed E-state index contributed by atoms with van der Waals surface area (Å²) in [5, 5.41) is 12.9. The molecule has 0 saturated carbocycles. The molecular weight excluding hydrogens is 288 g/mol. The Balaban J connectivity index is 2.48. The molecule has 0 saturated heterocycles. The van der Waals surface area contributed by atoms with Gasteiger partial charge in [-0.2, -0.15) is 5.26 Å². The third kappa shape index (κ3) is 3.21. The molecule has 0 amide bonds. The molecule has 0 atom stereocenters. The van der Waals surface area contributed by atoms with Gasteiger partial charge in [-0.25, -0.2) is 0 Å². The molecule has 0 aromatic heterocycles. The summed E-state index contributed by atoms with van der Waals surface area (Å²) in [7, 11) is 3.11. The number of hydrogen-bond donors (Lipinski definition) is 1. The van der Waals surface area contributed by atoms with Crippen molar-refractivity contribution >= 4 is 23.0 Å². The first-order chi connectivity index (χ1) is 10.1. The number of methoxy groups -OCH3 is 2. The van der Waals surface area contributed by atoms with Gasteiger partial charge in [-0.15, -0.1) is 0 Å². The van der Waals surface area contributed by atoms with Crippen molar-refractivity contribution in [1.82, 2.24) is 0 Å². The second kappa shape index (κ2) is 6.38. The number of anilines is 2. The molecule has 5 heteroatoms. The fraction of sp³-hybridized carbons (Fsp3) is 0.188. The summed E-state index contributed by atoms with van der Waals surface area (Å²) in [6.45, 7) is 1.96. The molecule has 2 aromatic carbocycles. The van der Waals surface area contributed by atoms with Gasteiger partial charge in [-0.1, -0.05) is 17.7 Å². The Morgan fingerprint density at radius 2 is 1.76 bits per heavy atom. The molecule has 4 nitrogen and oxygen atoms in total. The minimum atomic E-state index is 0.463. The molecule has 0 aliphatic rings. The first-order valence-electron chi connectivity index (χ1n) is 6.28. The van der Waals surface area contributed by atoms with Crippen LogP contribution in [-0.2, 0) is 0 Å². The summed E-state index contributed by atoms with van der Waals surface area (Å²) >= 11 is 6.08. The highest BCUT2D eigenvalue weighted by molar-refractivity contribution is 6.32. The zero-order valence-electron chi connectivity index (χ0n) is 12.0. The number of halogens is 1. The predicted octanol–water partition coefficient (Wildman–Crippen LogP) is 4.28. The normalized spacial score (nSPS) is 9.86. The summed E-state index contributed by atoms with van der Waals surface area (Å²) in [5.41, 5.74) is 2.99. The Labute approximate surface area is 128 Å². The number of nitrogens with zero attached hydrogens (tertiary/aromatic N) is 1. The number of hydrogen-bond acceptors (Lipinski definition) is 4. The molecule has 0 heterocycles. The maximum absolute atomic E-state index is 9.19. The van der Waals surface area contributed by atoms with Crippen LogP contribution in [-0.4, -0.2) is 14.2 Å². The van der Waals surface area contributed by atoms with E-state index < -0.39 is 0 Å². The van der Waals surface area contributed by atoms with E-state index >= 15 is 0 Å². The fourth-order valence-corrected chi connectivity index (χ4v) is 2.19. The Kier molecular flexibility index (Phi) is 4.56. The van der Waals surface area contributed by atoms with Gasteiger partial charge < -0.3 is 14.8 Å². The number of ether oxygens (including phenoxy) is 2. The van der Waals surface area contributed by atoms with E-state index in [1.165, 1.54) is 0 Å². The number of rotatable bonds is 4. The van der Waals surface area contributed by atoms with E-state index in [9.17, 15) is 5.26 Å². The molecule has 1 N–H and O–H groups in total. The SMILES string of the molecule is COc1cc(Nc2cc(C)ccc2C#N)c(OC)cc1Cl. The van der Waals surface area contributed by atoms with Gasteiger partial charge in [-0.3, -0.25) is 0 Å². The van der Waals surface area contributed by atoms with Crippen LogP contribution >= 0.6 is 11.6 Å². The molecule has 0 aliphatic carbocycles. The first kappa shape index (κ1) is 15.0. The zero-order valence-corrected chi connectivity index (χ0v) is 12.8. The lowest BCUT2D eigenvalue weighted by Gasteiger charge is -2.15. The third-order valence-corrected chi connectivity index (χ3v) is 3.33. The largest absolute Gasteiger partial charge is 0.495 e. The fourth-order valence-electron chi connectivity index (χ4n) is 1.96. The number of benzene rings is 2. The number of aryl methyl sites for hydroxylation is 1. The predicted molar refractivity (Wildman–Crippen MR) is 83.7 cm³/mol. The zero-order chi connectivity index (χ0) is 15.4. The van der Waals surface area contributed by atoms with Crippen molar-refractivity contribution in [1.29, 1.82) is 5.26 Å². The van der Waals surface area contributed by atoms with Gasteiger partial charge in [0, 0.05) is 12.1 Å². The van der Waals surface area contributed by atoms with Crippen LogP contribution in [0, 0.1) is 18.3 Å². The first-order valence-corrected chi connectivity index (χ1v) is 6.66. The van der Waals surface area contributed by atoms with Crippen LogP contribution in [0.15, 0.2) is 30.3 Å². The van der Waals surface area contributed by atoms with E-state index in [4.69, 9.17) is 21.1 Å². The quantitative estimate of drug-likeness (QED) is 0.916. The molecule has 2 aromatic rings. The van der Waals surface area contributed by atoms with Crippen molar-refractivity contribution in [2.24, 2.45) is 0 Å². The van der Waals surface area contributed by atoms with Gasteiger partial charge >= 0.3 is 0 Å². The van der Waals surface area contributed by atoms with E-state index in [0.717, 1.165) is 5.56 Å². The van der Waals surface area contributed by atoms with Crippen molar-refractivity contribution in [3.05, 3.63) is 46.5 Å². The highest BCUT2D eigenvalue weighted by Gasteiger charge is 2.12. The van der Waals surface area contributed by atoms with Crippen LogP contribution in [0.3, 0.4) is 0 Å². The molecule has 0 bridgehead atoms. The molecule has 0 fully saturated rings. The topological polar surface area (TPSA) is 54.3 Å². The Hall–Kier alpha value is -2.38. The van der Waals surface area contributed by atoms with Crippen molar-refractivity contribution in [3.8, 4) is 17.6 Å². The summed E-state index contributed by atoms with van der Waals surface area (Å²) in [6.07, 6.45) is 0. The van der Waals surface area contributed by atoms with Crippen molar-refractivity contribution < 1.29 is 9.47 Å². The number of nitrogens with one attached hydrogen (secondary N) is 1. The molecule has 0 aliphatic heterocycles. The minimum Gasteiger partial charge on any atom is -0.495 e. The molecule has 0 unspecified atom stereocenters. The van der Waals surface area contributed by atoms with Gasteiger partial charge in [-0.05, 0) is 24.6 Å². The van der Waals surface area contributed by atoms with Gasteiger partial charge in [0.05, 0.1) is 36.2 Å². The Bertz CT molecular complexity index is 708. The maximum Gasteiger partial charge on any atom is 0.144 e. The average Bonchev–Trinajstić information content (AvgIpc) is 2.48. The number of nitriles is 1. The lowest BCUT2D eigenvalue weighted by molar-refractivity contribution is 0.405. The van der Waals surface area contributed by atoms with E-state index in [1.54, 1.807) is 32.4 Å². The lowest BCUT2D eigenvalue weighted by atomic mass is 10.1.